The lowest BCUT2D eigenvalue weighted by atomic mass is 10.1. The SMILES string of the molecule is CC(C)c1nc([C@H]2CCCN2CCC(=O)N2CCCCC2)no1. The fourth-order valence-electron chi connectivity index (χ4n) is 3.54. The Bertz CT molecular complexity index is 522. The molecule has 0 radical (unpaired) electrons. The Kier molecular flexibility index (Phi) is 5.30. The number of nitrogens with zero attached hydrogens (tertiary/aromatic N) is 4. The molecule has 1 amide bonds. The average molecular weight is 320 g/mol. The first-order valence-corrected chi connectivity index (χ1v) is 9.00. The van der Waals surface area contributed by atoms with Gasteiger partial charge in [0.25, 0.3) is 0 Å². The van der Waals surface area contributed by atoms with E-state index < -0.39 is 0 Å². The van der Waals surface area contributed by atoms with Crippen molar-refractivity contribution in [2.24, 2.45) is 0 Å². The zero-order valence-electron chi connectivity index (χ0n) is 14.3. The zero-order valence-corrected chi connectivity index (χ0v) is 14.3. The molecule has 3 heterocycles. The van der Waals surface area contributed by atoms with Crippen molar-refractivity contribution in [1.82, 2.24) is 19.9 Å². The van der Waals surface area contributed by atoms with E-state index in [2.05, 4.69) is 28.9 Å². The molecule has 6 heteroatoms. The smallest absolute Gasteiger partial charge is 0.229 e. The van der Waals surface area contributed by atoms with E-state index in [1.54, 1.807) is 0 Å². The van der Waals surface area contributed by atoms with Crippen LogP contribution in [0.25, 0.3) is 0 Å². The van der Waals surface area contributed by atoms with Gasteiger partial charge >= 0.3 is 0 Å². The highest BCUT2D eigenvalue weighted by molar-refractivity contribution is 5.76. The molecule has 2 aliphatic rings. The molecule has 1 atom stereocenters. The molecule has 3 rings (SSSR count). The fourth-order valence-corrected chi connectivity index (χ4v) is 3.54. The van der Waals surface area contributed by atoms with Gasteiger partial charge in [-0.05, 0) is 38.6 Å². The number of amides is 1. The van der Waals surface area contributed by atoms with Crippen LogP contribution in [0.4, 0.5) is 0 Å². The van der Waals surface area contributed by atoms with E-state index in [4.69, 9.17) is 4.52 Å². The van der Waals surface area contributed by atoms with Crippen LogP contribution in [-0.2, 0) is 4.79 Å². The summed E-state index contributed by atoms with van der Waals surface area (Å²) in [5.74, 6) is 2.05. The topological polar surface area (TPSA) is 62.5 Å². The van der Waals surface area contributed by atoms with Gasteiger partial charge < -0.3 is 9.42 Å². The third-order valence-corrected chi connectivity index (χ3v) is 4.93. The quantitative estimate of drug-likeness (QED) is 0.835. The molecule has 2 fully saturated rings. The Morgan fingerprint density at radius 3 is 2.70 bits per heavy atom. The van der Waals surface area contributed by atoms with Gasteiger partial charge in [-0.25, -0.2) is 0 Å². The third kappa shape index (κ3) is 3.91. The normalized spacial score (nSPS) is 22.9. The van der Waals surface area contributed by atoms with Crippen molar-refractivity contribution in [3.63, 3.8) is 0 Å². The summed E-state index contributed by atoms with van der Waals surface area (Å²) in [5.41, 5.74) is 0. The Morgan fingerprint density at radius 1 is 1.22 bits per heavy atom. The maximum Gasteiger partial charge on any atom is 0.229 e. The highest BCUT2D eigenvalue weighted by Gasteiger charge is 2.31. The number of piperidine rings is 1. The van der Waals surface area contributed by atoms with Gasteiger partial charge in [-0.1, -0.05) is 19.0 Å². The molecule has 0 unspecified atom stereocenters. The Balaban J connectivity index is 1.55. The summed E-state index contributed by atoms with van der Waals surface area (Å²) in [7, 11) is 0. The van der Waals surface area contributed by atoms with E-state index in [1.165, 1.54) is 6.42 Å². The zero-order chi connectivity index (χ0) is 16.2. The van der Waals surface area contributed by atoms with Gasteiger partial charge in [-0.15, -0.1) is 0 Å². The number of carbonyl (C=O) groups is 1. The predicted octanol–water partition coefficient (Wildman–Crippen LogP) is 2.73. The van der Waals surface area contributed by atoms with Crippen molar-refractivity contribution in [1.29, 1.82) is 0 Å². The minimum absolute atomic E-state index is 0.209. The number of likely N-dealkylation sites (tertiary alicyclic amines) is 2. The Hall–Kier alpha value is -1.43. The molecule has 0 aliphatic carbocycles. The van der Waals surface area contributed by atoms with Gasteiger partial charge in [0.2, 0.25) is 11.8 Å². The summed E-state index contributed by atoms with van der Waals surface area (Å²) in [6, 6.07) is 0.209. The molecule has 1 aromatic rings. The van der Waals surface area contributed by atoms with Gasteiger partial charge in [-0.3, -0.25) is 9.69 Å². The molecule has 1 aromatic heterocycles. The van der Waals surface area contributed by atoms with Crippen molar-refractivity contribution in [3.05, 3.63) is 11.7 Å². The lowest BCUT2D eigenvalue weighted by Crippen LogP contribution is -2.37. The van der Waals surface area contributed by atoms with Gasteiger partial charge in [0.1, 0.15) is 0 Å². The number of carbonyl (C=O) groups excluding carboxylic acids is 1. The van der Waals surface area contributed by atoms with Crippen LogP contribution in [0.15, 0.2) is 4.52 Å². The molecule has 0 saturated carbocycles. The maximum absolute atomic E-state index is 12.3. The second-order valence-corrected chi connectivity index (χ2v) is 7.03. The fraction of sp³-hybridized carbons (Fsp3) is 0.824. The summed E-state index contributed by atoms with van der Waals surface area (Å²) < 4.78 is 5.34. The number of rotatable bonds is 5. The molecule has 6 nitrogen and oxygen atoms in total. The first-order valence-electron chi connectivity index (χ1n) is 9.00. The molecule has 0 aromatic carbocycles. The van der Waals surface area contributed by atoms with E-state index in [0.29, 0.717) is 18.2 Å². The minimum Gasteiger partial charge on any atom is -0.343 e. The molecule has 0 bridgehead atoms. The Morgan fingerprint density at radius 2 is 2.00 bits per heavy atom. The van der Waals surface area contributed by atoms with E-state index in [0.717, 1.165) is 57.7 Å². The summed E-state index contributed by atoms with van der Waals surface area (Å²) in [4.78, 5) is 21.3. The average Bonchev–Trinajstić information content (AvgIpc) is 3.22. The second-order valence-electron chi connectivity index (χ2n) is 7.03. The van der Waals surface area contributed by atoms with Crippen LogP contribution in [0.5, 0.6) is 0 Å². The lowest BCUT2D eigenvalue weighted by Gasteiger charge is -2.28. The maximum atomic E-state index is 12.3. The number of hydrogen-bond acceptors (Lipinski definition) is 5. The predicted molar refractivity (Wildman–Crippen MR) is 87.0 cm³/mol. The molecule has 0 spiro atoms. The van der Waals surface area contributed by atoms with Gasteiger partial charge in [0, 0.05) is 32.0 Å². The second kappa shape index (κ2) is 7.43. The van der Waals surface area contributed by atoms with E-state index >= 15 is 0 Å². The summed E-state index contributed by atoms with van der Waals surface area (Å²) in [5, 5.41) is 4.16. The van der Waals surface area contributed by atoms with E-state index in [1.807, 2.05) is 4.90 Å². The highest BCUT2D eigenvalue weighted by Crippen LogP contribution is 2.31. The summed E-state index contributed by atoms with van der Waals surface area (Å²) in [6.07, 6.45) is 6.35. The molecule has 2 saturated heterocycles. The Labute approximate surface area is 138 Å². The standard InChI is InChI=1S/C17H28N4O2/c1-13(2)17-18-16(19-23-17)14-7-6-11-20(14)12-8-15(22)21-9-4-3-5-10-21/h13-14H,3-12H2,1-2H3/t14-/m1/s1. The van der Waals surface area contributed by atoms with Crippen LogP contribution < -0.4 is 0 Å². The van der Waals surface area contributed by atoms with Crippen LogP contribution >= 0.6 is 0 Å². The molecular formula is C17H28N4O2. The molecule has 2 aliphatic heterocycles. The summed E-state index contributed by atoms with van der Waals surface area (Å²) >= 11 is 0. The van der Waals surface area contributed by atoms with Crippen molar-refractivity contribution in [3.8, 4) is 0 Å². The first-order chi connectivity index (χ1) is 11.1. The van der Waals surface area contributed by atoms with Gasteiger partial charge in [0.15, 0.2) is 5.82 Å². The van der Waals surface area contributed by atoms with E-state index in [-0.39, 0.29) is 12.0 Å². The third-order valence-electron chi connectivity index (χ3n) is 4.93. The molecule has 128 valence electrons. The van der Waals surface area contributed by atoms with Crippen LogP contribution in [0.3, 0.4) is 0 Å². The van der Waals surface area contributed by atoms with Gasteiger partial charge in [-0.2, -0.15) is 4.98 Å². The number of aromatic nitrogens is 2. The van der Waals surface area contributed by atoms with E-state index in [9.17, 15) is 4.79 Å². The largest absolute Gasteiger partial charge is 0.343 e. The lowest BCUT2D eigenvalue weighted by molar-refractivity contribution is -0.132. The minimum atomic E-state index is 0.209. The highest BCUT2D eigenvalue weighted by atomic mass is 16.5. The number of hydrogen-bond donors (Lipinski definition) is 0. The van der Waals surface area contributed by atoms with Crippen molar-refractivity contribution in [2.45, 2.75) is 64.3 Å². The first kappa shape index (κ1) is 16.4. The van der Waals surface area contributed by atoms with Crippen molar-refractivity contribution in [2.75, 3.05) is 26.2 Å². The molecule has 23 heavy (non-hydrogen) atoms. The van der Waals surface area contributed by atoms with Crippen LogP contribution in [0.1, 0.15) is 76.0 Å². The van der Waals surface area contributed by atoms with Crippen molar-refractivity contribution < 1.29 is 9.32 Å². The van der Waals surface area contributed by atoms with Crippen LogP contribution in [-0.4, -0.2) is 52.0 Å². The van der Waals surface area contributed by atoms with Crippen molar-refractivity contribution >= 4 is 5.91 Å². The van der Waals surface area contributed by atoms with Crippen LogP contribution in [0.2, 0.25) is 0 Å². The molecule has 0 N–H and O–H groups in total. The van der Waals surface area contributed by atoms with Gasteiger partial charge in [0.05, 0.1) is 6.04 Å². The summed E-state index contributed by atoms with van der Waals surface area (Å²) in [6.45, 7) is 7.80. The molecular weight excluding hydrogens is 292 g/mol. The monoisotopic (exact) mass is 320 g/mol. The van der Waals surface area contributed by atoms with Crippen LogP contribution in [0, 0.1) is 0 Å².